The van der Waals surface area contributed by atoms with E-state index in [9.17, 15) is 14.4 Å². The smallest absolute Gasteiger partial charge is 0.407 e. The van der Waals surface area contributed by atoms with Crippen LogP contribution in [0, 0.1) is 11.3 Å². The normalized spacial score (nSPS) is 13.6. The van der Waals surface area contributed by atoms with Gasteiger partial charge in [0, 0.05) is 24.9 Å². The van der Waals surface area contributed by atoms with Gasteiger partial charge < -0.3 is 20.1 Å². The summed E-state index contributed by atoms with van der Waals surface area (Å²) in [6.07, 6.45) is 0.000535. The maximum atomic E-state index is 13.2. The highest BCUT2D eigenvalue weighted by Crippen LogP contribution is 2.44. The number of carboxylic acids is 1. The van der Waals surface area contributed by atoms with Gasteiger partial charge in [-0.1, -0.05) is 48.5 Å². The molecule has 8 nitrogen and oxygen atoms in total. The molecule has 0 aliphatic heterocycles. The highest BCUT2D eigenvalue weighted by atomic mass is 16.5. The minimum absolute atomic E-state index is 0.108. The number of aliphatic carboxylic acids is 1. The number of hydrogen-bond donors (Lipinski definition) is 2. The lowest BCUT2D eigenvalue weighted by Gasteiger charge is -2.31. The van der Waals surface area contributed by atoms with Crippen molar-refractivity contribution in [3.05, 3.63) is 59.7 Å². The van der Waals surface area contributed by atoms with E-state index in [2.05, 4.69) is 17.4 Å². The Morgan fingerprint density at radius 3 is 2.26 bits per heavy atom. The number of ether oxygens (including phenoxy) is 1. The number of fused-ring (bicyclic) bond motifs is 3. The maximum absolute atomic E-state index is 13.2. The number of carbonyl (C=O) groups is 3. The van der Waals surface area contributed by atoms with E-state index in [-0.39, 0.29) is 37.7 Å². The third-order valence-electron chi connectivity index (χ3n) is 6.34. The van der Waals surface area contributed by atoms with Crippen LogP contribution in [0.15, 0.2) is 48.5 Å². The third-order valence-corrected chi connectivity index (χ3v) is 6.34. The summed E-state index contributed by atoms with van der Waals surface area (Å²) in [5.41, 5.74) is 4.41. The Morgan fingerprint density at radius 1 is 1.11 bits per heavy atom. The number of amides is 2. The Hall–Kier alpha value is -3.86. The second-order valence-electron chi connectivity index (χ2n) is 8.64. The number of nitriles is 1. The van der Waals surface area contributed by atoms with Crippen molar-refractivity contribution in [2.45, 2.75) is 57.5 Å². The van der Waals surface area contributed by atoms with Crippen molar-refractivity contribution in [1.29, 1.82) is 5.26 Å². The van der Waals surface area contributed by atoms with Crippen LogP contribution in [0.1, 0.15) is 56.6 Å². The molecule has 184 valence electrons. The molecule has 1 aliphatic carbocycles. The lowest BCUT2D eigenvalue weighted by Crippen LogP contribution is -2.51. The van der Waals surface area contributed by atoms with E-state index in [0.29, 0.717) is 13.0 Å². The summed E-state index contributed by atoms with van der Waals surface area (Å²) in [6.45, 7) is 3.84. The number of nitrogens with one attached hydrogen (secondary N) is 1. The van der Waals surface area contributed by atoms with Gasteiger partial charge in [0.05, 0.1) is 12.5 Å². The van der Waals surface area contributed by atoms with Gasteiger partial charge in [-0.15, -0.1) is 0 Å². The van der Waals surface area contributed by atoms with Gasteiger partial charge in [0.15, 0.2) is 0 Å². The Kier molecular flexibility index (Phi) is 8.85. The summed E-state index contributed by atoms with van der Waals surface area (Å²) >= 11 is 0. The summed E-state index contributed by atoms with van der Waals surface area (Å²) < 4.78 is 5.59. The van der Waals surface area contributed by atoms with Gasteiger partial charge in [0.25, 0.3) is 0 Å². The van der Waals surface area contributed by atoms with Gasteiger partial charge in [-0.2, -0.15) is 5.26 Å². The number of likely N-dealkylation sites (N-methyl/N-ethyl adjacent to an activating group) is 1. The number of carbonyl (C=O) groups excluding carboxylic acids is 2. The van der Waals surface area contributed by atoms with Crippen LogP contribution in [-0.4, -0.2) is 53.2 Å². The van der Waals surface area contributed by atoms with E-state index < -0.39 is 24.1 Å². The number of alkyl carbamates (subject to hydrolysis) is 1. The second kappa shape index (κ2) is 12.0. The van der Waals surface area contributed by atoms with Gasteiger partial charge in [-0.25, -0.2) is 4.79 Å². The summed E-state index contributed by atoms with van der Waals surface area (Å²) in [7, 11) is 0. The number of hydrogen-bond acceptors (Lipinski definition) is 5. The summed E-state index contributed by atoms with van der Waals surface area (Å²) in [5.74, 6) is -1.49. The van der Waals surface area contributed by atoms with Crippen LogP contribution in [-0.2, 0) is 14.3 Å². The van der Waals surface area contributed by atoms with Crippen LogP contribution in [0.3, 0.4) is 0 Å². The molecule has 0 bridgehead atoms. The zero-order valence-corrected chi connectivity index (χ0v) is 20.1. The van der Waals surface area contributed by atoms with E-state index in [0.717, 1.165) is 22.3 Å². The first-order chi connectivity index (χ1) is 16.9. The molecule has 2 atom stereocenters. The molecule has 2 aromatic carbocycles. The third kappa shape index (κ3) is 6.18. The fraction of sp³-hybridized carbons (Fsp3) is 0.407. The van der Waals surface area contributed by atoms with E-state index in [1.54, 1.807) is 13.8 Å². The van der Waals surface area contributed by atoms with E-state index in [1.165, 1.54) is 4.90 Å². The first-order valence-corrected chi connectivity index (χ1v) is 11.9. The molecule has 0 fully saturated rings. The minimum Gasteiger partial charge on any atom is -0.481 e. The predicted molar refractivity (Wildman–Crippen MR) is 131 cm³/mol. The van der Waals surface area contributed by atoms with Gasteiger partial charge in [-0.3, -0.25) is 9.59 Å². The quantitative estimate of drug-likeness (QED) is 0.466. The topological polar surface area (TPSA) is 120 Å². The van der Waals surface area contributed by atoms with Gasteiger partial charge >= 0.3 is 12.1 Å². The number of nitrogens with zero attached hydrogens (tertiary/aromatic N) is 2. The molecule has 0 spiro atoms. The average Bonchev–Trinajstić information content (AvgIpc) is 3.16. The van der Waals surface area contributed by atoms with Crippen molar-refractivity contribution >= 4 is 18.0 Å². The molecule has 2 N–H and O–H groups in total. The lowest BCUT2D eigenvalue weighted by atomic mass is 9.98. The molecule has 2 amide bonds. The Labute approximate surface area is 205 Å². The molecule has 0 saturated carbocycles. The van der Waals surface area contributed by atoms with Crippen LogP contribution >= 0.6 is 0 Å². The van der Waals surface area contributed by atoms with E-state index >= 15 is 0 Å². The number of benzene rings is 2. The Balaban J connectivity index is 1.69. The monoisotopic (exact) mass is 477 g/mol. The fourth-order valence-corrected chi connectivity index (χ4v) is 4.67. The molecule has 2 unspecified atom stereocenters. The largest absolute Gasteiger partial charge is 0.481 e. The Morgan fingerprint density at radius 2 is 1.71 bits per heavy atom. The maximum Gasteiger partial charge on any atom is 0.407 e. The van der Waals surface area contributed by atoms with Gasteiger partial charge in [0.2, 0.25) is 5.91 Å². The van der Waals surface area contributed by atoms with Gasteiger partial charge in [-0.05, 0) is 48.9 Å². The fourth-order valence-electron chi connectivity index (χ4n) is 4.67. The molecular weight excluding hydrogens is 446 g/mol. The van der Waals surface area contributed by atoms with Crippen molar-refractivity contribution < 1.29 is 24.2 Å². The zero-order valence-electron chi connectivity index (χ0n) is 20.1. The molecule has 8 heteroatoms. The predicted octanol–water partition coefficient (Wildman–Crippen LogP) is 4.30. The van der Waals surface area contributed by atoms with Crippen LogP contribution in [0.2, 0.25) is 0 Å². The summed E-state index contributed by atoms with van der Waals surface area (Å²) in [5, 5.41) is 20.7. The molecule has 1 aliphatic rings. The highest BCUT2D eigenvalue weighted by molar-refractivity contribution is 5.86. The first kappa shape index (κ1) is 25.8. The standard InChI is InChI=1S/C27H31N3O5/c1-3-30(18(2)16-25(31)32)26(33)24(14-8-9-15-28)29-27(34)35-17-23-21-12-6-4-10-19(21)20-11-5-7-13-22(20)23/h4-7,10-13,18,23-24H,3,8-9,14,16-17H2,1-2H3,(H,29,34)(H,31,32). The molecule has 3 rings (SSSR count). The van der Waals surface area contributed by atoms with Crippen LogP contribution < -0.4 is 5.32 Å². The van der Waals surface area contributed by atoms with Crippen LogP contribution in [0.4, 0.5) is 4.79 Å². The SMILES string of the molecule is CCN(C(=O)C(CCCC#N)NC(=O)OCC1c2ccccc2-c2ccccc21)C(C)CC(=O)O. The van der Waals surface area contributed by atoms with Crippen molar-refractivity contribution in [3.63, 3.8) is 0 Å². The van der Waals surface area contributed by atoms with Crippen molar-refractivity contribution in [2.24, 2.45) is 0 Å². The summed E-state index contributed by atoms with van der Waals surface area (Å²) in [4.78, 5) is 38.5. The molecule has 35 heavy (non-hydrogen) atoms. The van der Waals surface area contributed by atoms with E-state index in [4.69, 9.17) is 15.1 Å². The molecule has 0 heterocycles. The number of carboxylic acid groups (broad SMARTS) is 1. The first-order valence-electron chi connectivity index (χ1n) is 11.9. The van der Waals surface area contributed by atoms with E-state index in [1.807, 2.05) is 42.5 Å². The second-order valence-corrected chi connectivity index (χ2v) is 8.64. The van der Waals surface area contributed by atoms with Crippen LogP contribution in [0.25, 0.3) is 11.1 Å². The molecule has 0 saturated heterocycles. The molecule has 0 radical (unpaired) electrons. The highest BCUT2D eigenvalue weighted by Gasteiger charge is 2.31. The van der Waals surface area contributed by atoms with Gasteiger partial charge in [0.1, 0.15) is 12.6 Å². The van der Waals surface area contributed by atoms with Crippen LogP contribution in [0.5, 0.6) is 0 Å². The summed E-state index contributed by atoms with van der Waals surface area (Å²) in [6, 6.07) is 16.6. The lowest BCUT2D eigenvalue weighted by molar-refractivity contribution is -0.141. The number of unbranched alkanes of at least 4 members (excludes halogenated alkanes) is 1. The average molecular weight is 478 g/mol. The molecule has 0 aromatic heterocycles. The van der Waals surface area contributed by atoms with Crippen molar-refractivity contribution in [3.8, 4) is 17.2 Å². The zero-order chi connectivity index (χ0) is 25.4. The van der Waals surface area contributed by atoms with Crippen molar-refractivity contribution in [2.75, 3.05) is 13.2 Å². The molecule has 2 aromatic rings. The number of rotatable bonds is 11. The Bertz CT molecular complexity index is 1060. The minimum atomic E-state index is -1.01. The van der Waals surface area contributed by atoms with Crippen molar-refractivity contribution in [1.82, 2.24) is 10.2 Å². The molecular formula is C27H31N3O5.